The minimum atomic E-state index is -0.167. The molecular weight excluding hydrogens is 190 g/mol. The van der Waals surface area contributed by atoms with Gasteiger partial charge in [0, 0.05) is 0 Å². The van der Waals surface area contributed by atoms with Gasteiger partial charge in [0.2, 0.25) is 0 Å². The Morgan fingerprint density at radius 2 is 2.07 bits per heavy atom. The van der Waals surface area contributed by atoms with Crippen LogP contribution in [0.4, 0.5) is 0 Å². The second-order valence-electron chi connectivity index (χ2n) is 2.83. The summed E-state index contributed by atoms with van der Waals surface area (Å²) in [4.78, 5) is 0. The highest BCUT2D eigenvalue weighted by atomic mass is 16.2. The van der Waals surface area contributed by atoms with Crippen molar-refractivity contribution < 1.29 is 5.11 Å². The summed E-state index contributed by atoms with van der Waals surface area (Å²) in [5.74, 6) is 5.34. The van der Waals surface area contributed by atoms with Gasteiger partial charge in [-0.05, 0) is 18.1 Å². The van der Waals surface area contributed by atoms with Gasteiger partial charge >= 0.3 is 0 Å². The van der Waals surface area contributed by atoms with Crippen LogP contribution in [0, 0.1) is 11.8 Å². The minimum Gasteiger partial charge on any atom is -0.384 e. The third kappa shape index (κ3) is 2.03. The van der Waals surface area contributed by atoms with Crippen molar-refractivity contribution in [2.45, 2.75) is 0 Å². The fourth-order valence-corrected chi connectivity index (χ4v) is 1.21. The van der Waals surface area contributed by atoms with Crippen LogP contribution in [0.5, 0.6) is 0 Å². The SMILES string of the molecule is OCC#Cc1cnnn1-c1ccccc1. The van der Waals surface area contributed by atoms with E-state index in [-0.39, 0.29) is 6.61 Å². The Balaban J connectivity index is 2.42. The van der Waals surface area contributed by atoms with E-state index >= 15 is 0 Å². The van der Waals surface area contributed by atoms with Crippen LogP contribution < -0.4 is 0 Å². The van der Waals surface area contributed by atoms with Crippen molar-refractivity contribution in [3.8, 4) is 17.5 Å². The van der Waals surface area contributed by atoms with E-state index in [2.05, 4.69) is 22.2 Å². The molecule has 15 heavy (non-hydrogen) atoms. The summed E-state index contributed by atoms with van der Waals surface area (Å²) in [5, 5.41) is 16.3. The number of hydrogen-bond acceptors (Lipinski definition) is 3. The fourth-order valence-electron chi connectivity index (χ4n) is 1.21. The number of rotatable bonds is 1. The van der Waals surface area contributed by atoms with E-state index in [4.69, 9.17) is 5.11 Å². The van der Waals surface area contributed by atoms with Crippen LogP contribution in [-0.4, -0.2) is 26.7 Å². The van der Waals surface area contributed by atoms with Crippen molar-refractivity contribution in [1.29, 1.82) is 0 Å². The van der Waals surface area contributed by atoms with Gasteiger partial charge in [-0.1, -0.05) is 29.3 Å². The van der Waals surface area contributed by atoms with Gasteiger partial charge in [-0.3, -0.25) is 0 Å². The smallest absolute Gasteiger partial charge is 0.137 e. The molecule has 0 saturated carbocycles. The van der Waals surface area contributed by atoms with E-state index in [1.165, 1.54) is 0 Å². The number of para-hydroxylation sites is 1. The lowest BCUT2D eigenvalue weighted by Crippen LogP contribution is -1.99. The molecule has 1 N–H and O–H groups in total. The first-order valence-electron chi connectivity index (χ1n) is 4.47. The molecule has 0 aliphatic rings. The third-order valence-electron chi connectivity index (χ3n) is 1.85. The Morgan fingerprint density at radius 1 is 1.27 bits per heavy atom. The lowest BCUT2D eigenvalue weighted by atomic mass is 10.3. The van der Waals surface area contributed by atoms with E-state index < -0.39 is 0 Å². The molecule has 1 aromatic carbocycles. The predicted octanol–water partition coefficient (Wildman–Crippen LogP) is 0.611. The maximum atomic E-state index is 8.60. The summed E-state index contributed by atoms with van der Waals surface area (Å²) in [6.45, 7) is -0.167. The molecule has 0 unspecified atom stereocenters. The minimum absolute atomic E-state index is 0.167. The van der Waals surface area contributed by atoms with Gasteiger partial charge < -0.3 is 5.11 Å². The molecular formula is C11H9N3O. The molecule has 0 aliphatic carbocycles. The molecule has 0 amide bonds. The van der Waals surface area contributed by atoms with Crippen molar-refractivity contribution in [2.75, 3.05) is 6.61 Å². The van der Waals surface area contributed by atoms with E-state index in [1.54, 1.807) is 10.9 Å². The van der Waals surface area contributed by atoms with Crippen molar-refractivity contribution in [2.24, 2.45) is 0 Å². The Kier molecular flexibility index (Phi) is 2.77. The number of benzene rings is 1. The average Bonchev–Trinajstić information content (AvgIpc) is 2.75. The second kappa shape index (κ2) is 4.40. The summed E-state index contributed by atoms with van der Waals surface area (Å²) in [5.41, 5.74) is 1.56. The van der Waals surface area contributed by atoms with Gasteiger partial charge in [0.05, 0.1) is 11.9 Å². The molecule has 1 heterocycles. The summed E-state index contributed by atoms with van der Waals surface area (Å²) >= 11 is 0. The molecule has 2 aromatic rings. The van der Waals surface area contributed by atoms with Crippen LogP contribution in [0.1, 0.15) is 5.69 Å². The third-order valence-corrected chi connectivity index (χ3v) is 1.85. The molecule has 4 nitrogen and oxygen atoms in total. The number of aliphatic hydroxyl groups excluding tert-OH is 1. The molecule has 74 valence electrons. The maximum absolute atomic E-state index is 8.60. The molecule has 0 aliphatic heterocycles. The monoisotopic (exact) mass is 199 g/mol. The van der Waals surface area contributed by atoms with Gasteiger partial charge in [-0.2, -0.15) is 0 Å². The largest absolute Gasteiger partial charge is 0.384 e. The first-order valence-corrected chi connectivity index (χ1v) is 4.47. The summed E-state index contributed by atoms with van der Waals surface area (Å²) in [6.07, 6.45) is 1.57. The second-order valence-corrected chi connectivity index (χ2v) is 2.83. The number of aromatic nitrogens is 3. The molecule has 0 fully saturated rings. The molecule has 2 rings (SSSR count). The molecule has 4 heteroatoms. The lowest BCUT2D eigenvalue weighted by molar-refractivity contribution is 0.350. The molecule has 0 radical (unpaired) electrons. The van der Waals surface area contributed by atoms with Crippen molar-refractivity contribution in [3.63, 3.8) is 0 Å². The van der Waals surface area contributed by atoms with Crippen molar-refractivity contribution in [1.82, 2.24) is 15.0 Å². The predicted molar refractivity (Wildman–Crippen MR) is 55.3 cm³/mol. The summed E-state index contributed by atoms with van der Waals surface area (Å²) in [6, 6.07) is 9.59. The Labute approximate surface area is 87.2 Å². The van der Waals surface area contributed by atoms with E-state index in [1.807, 2.05) is 30.3 Å². The normalized spacial score (nSPS) is 9.40. The van der Waals surface area contributed by atoms with Crippen LogP contribution in [0.2, 0.25) is 0 Å². The van der Waals surface area contributed by atoms with Crippen LogP contribution in [0.25, 0.3) is 5.69 Å². The number of hydrogen-bond donors (Lipinski definition) is 1. The zero-order valence-corrected chi connectivity index (χ0v) is 7.96. The Hall–Kier alpha value is -2.12. The van der Waals surface area contributed by atoms with Gasteiger partial charge in [0.25, 0.3) is 0 Å². The number of nitrogens with zero attached hydrogens (tertiary/aromatic N) is 3. The van der Waals surface area contributed by atoms with E-state index in [0.29, 0.717) is 5.69 Å². The standard InChI is InChI=1S/C11H9N3O/c15-8-4-7-11-9-12-13-14(11)10-5-2-1-3-6-10/h1-3,5-6,9,15H,8H2. The molecule has 0 saturated heterocycles. The van der Waals surface area contributed by atoms with Gasteiger partial charge in [0.1, 0.15) is 12.3 Å². The zero-order valence-electron chi connectivity index (χ0n) is 7.96. The maximum Gasteiger partial charge on any atom is 0.137 e. The zero-order chi connectivity index (χ0) is 10.5. The highest BCUT2D eigenvalue weighted by Gasteiger charge is 2.01. The fraction of sp³-hybridized carbons (Fsp3) is 0.0909. The molecule has 0 spiro atoms. The van der Waals surface area contributed by atoms with E-state index in [9.17, 15) is 0 Å². The summed E-state index contributed by atoms with van der Waals surface area (Å²) in [7, 11) is 0. The highest BCUT2D eigenvalue weighted by Crippen LogP contribution is 2.07. The Bertz CT molecular complexity index is 493. The molecule has 0 atom stereocenters. The number of aliphatic hydroxyl groups is 1. The Morgan fingerprint density at radius 3 is 2.80 bits per heavy atom. The van der Waals surface area contributed by atoms with Crippen molar-refractivity contribution >= 4 is 0 Å². The quantitative estimate of drug-likeness (QED) is 0.685. The lowest BCUT2D eigenvalue weighted by Gasteiger charge is -2.00. The van der Waals surface area contributed by atoms with Crippen LogP contribution in [0.3, 0.4) is 0 Å². The van der Waals surface area contributed by atoms with Gasteiger partial charge in [-0.15, -0.1) is 5.10 Å². The van der Waals surface area contributed by atoms with Crippen molar-refractivity contribution in [3.05, 3.63) is 42.2 Å². The molecule has 0 bridgehead atoms. The summed E-state index contributed by atoms with van der Waals surface area (Å²) < 4.78 is 1.63. The first-order chi connectivity index (χ1) is 7.42. The van der Waals surface area contributed by atoms with Crippen LogP contribution in [-0.2, 0) is 0 Å². The van der Waals surface area contributed by atoms with Gasteiger partial charge in [-0.25, -0.2) is 4.68 Å². The molecule has 1 aromatic heterocycles. The van der Waals surface area contributed by atoms with E-state index in [0.717, 1.165) is 5.69 Å². The first kappa shape index (κ1) is 9.44. The average molecular weight is 199 g/mol. The van der Waals surface area contributed by atoms with Crippen LogP contribution >= 0.6 is 0 Å². The van der Waals surface area contributed by atoms with Crippen LogP contribution in [0.15, 0.2) is 36.5 Å². The topological polar surface area (TPSA) is 50.9 Å². The van der Waals surface area contributed by atoms with Gasteiger partial charge in [0.15, 0.2) is 0 Å². The highest BCUT2D eigenvalue weighted by molar-refractivity contribution is 5.37.